The van der Waals surface area contributed by atoms with Crippen LogP contribution in [0.1, 0.15) is 40.4 Å². The summed E-state index contributed by atoms with van der Waals surface area (Å²) in [5, 5.41) is 17.2. The number of likely N-dealkylation sites (tertiary alicyclic amines) is 1. The first kappa shape index (κ1) is 25.1. The van der Waals surface area contributed by atoms with E-state index in [9.17, 15) is 14.7 Å². The molecule has 1 saturated heterocycles. The van der Waals surface area contributed by atoms with Crippen LogP contribution in [0.2, 0.25) is 0 Å². The molecule has 0 unspecified atom stereocenters. The van der Waals surface area contributed by atoms with E-state index in [2.05, 4.69) is 29.5 Å². The summed E-state index contributed by atoms with van der Waals surface area (Å²) >= 11 is 0. The summed E-state index contributed by atoms with van der Waals surface area (Å²) in [6, 6.07) is 24.1. The fourth-order valence-electron chi connectivity index (χ4n) is 4.49. The van der Waals surface area contributed by atoms with Gasteiger partial charge in [-0.3, -0.25) is 9.59 Å². The molecule has 0 bridgehead atoms. The molecule has 7 nitrogen and oxygen atoms in total. The van der Waals surface area contributed by atoms with Gasteiger partial charge in [0.1, 0.15) is 13.2 Å². The zero-order chi connectivity index (χ0) is 25.5. The van der Waals surface area contributed by atoms with Crippen LogP contribution in [0.25, 0.3) is 11.1 Å². The van der Waals surface area contributed by atoms with Crippen molar-refractivity contribution in [1.82, 2.24) is 10.2 Å². The van der Waals surface area contributed by atoms with E-state index in [0.717, 1.165) is 22.3 Å². The van der Waals surface area contributed by atoms with Crippen molar-refractivity contribution < 1.29 is 19.5 Å². The third-order valence-corrected chi connectivity index (χ3v) is 6.43. The second-order valence-electron chi connectivity index (χ2n) is 8.89. The third kappa shape index (κ3) is 5.80. The van der Waals surface area contributed by atoms with Crippen molar-refractivity contribution in [1.29, 1.82) is 0 Å². The molecule has 1 heterocycles. The number of carbonyl (C=O) groups is 2. The van der Waals surface area contributed by atoms with Crippen LogP contribution in [-0.2, 0) is 9.63 Å². The third-order valence-electron chi connectivity index (χ3n) is 6.43. The molecule has 1 aliphatic rings. The van der Waals surface area contributed by atoms with E-state index in [0.29, 0.717) is 24.1 Å². The van der Waals surface area contributed by atoms with Crippen molar-refractivity contribution in [2.24, 2.45) is 5.16 Å². The number of oxime groups is 1. The largest absolute Gasteiger partial charge is 0.399 e. The predicted molar refractivity (Wildman–Crippen MR) is 140 cm³/mol. The number of rotatable bonds is 8. The lowest BCUT2D eigenvalue weighted by Crippen LogP contribution is -2.46. The van der Waals surface area contributed by atoms with Crippen LogP contribution in [0.4, 0.5) is 0 Å². The fourth-order valence-corrected chi connectivity index (χ4v) is 4.49. The molecule has 2 amide bonds. The van der Waals surface area contributed by atoms with Crippen LogP contribution < -0.4 is 5.32 Å². The van der Waals surface area contributed by atoms with E-state index in [1.165, 1.54) is 12.0 Å². The maximum atomic E-state index is 13.4. The zero-order valence-electron chi connectivity index (χ0n) is 20.6. The Hall–Kier alpha value is -3.97. The molecule has 2 atom stereocenters. The molecule has 0 saturated carbocycles. The Balaban J connectivity index is 1.44. The van der Waals surface area contributed by atoms with E-state index in [4.69, 9.17) is 4.84 Å². The molecule has 3 aromatic carbocycles. The number of aryl methyl sites for hydroxylation is 1. The molecule has 0 aromatic heterocycles. The summed E-state index contributed by atoms with van der Waals surface area (Å²) in [5.74, 6) is -0.515. The second kappa shape index (κ2) is 11.6. The van der Waals surface area contributed by atoms with Gasteiger partial charge in [-0.05, 0) is 47.7 Å². The Morgan fingerprint density at radius 3 is 2.44 bits per heavy atom. The summed E-state index contributed by atoms with van der Waals surface area (Å²) in [6.07, 6.45) is -0.00536. The van der Waals surface area contributed by atoms with Gasteiger partial charge < -0.3 is 20.2 Å². The van der Waals surface area contributed by atoms with Crippen molar-refractivity contribution in [3.05, 3.63) is 95.6 Å². The number of hydrogen-bond donors (Lipinski definition) is 2. The number of aliphatic hydroxyl groups excluding tert-OH is 1. The SMILES string of the molecule is CON=C1C[C@@H](C(=O)NCC[C@H](O)c2ccccc2)N(C(=O)c2ccc(-c3ccccc3C)cc2)C1. The van der Waals surface area contributed by atoms with E-state index in [-0.39, 0.29) is 24.9 Å². The smallest absolute Gasteiger partial charge is 0.254 e. The number of nitrogens with zero attached hydrogens (tertiary/aromatic N) is 2. The van der Waals surface area contributed by atoms with Gasteiger partial charge in [0.05, 0.1) is 18.4 Å². The second-order valence-corrected chi connectivity index (χ2v) is 8.89. The molecule has 186 valence electrons. The minimum Gasteiger partial charge on any atom is -0.399 e. The molecule has 1 fully saturated rings. The highest BCUT2D eigenvalue weighted by Crippen LogP contribution is 2.25. The van der Waals surface area contributed by atoms with Crippen LogP contribution in [0.5, 0.6) is 0 Å². The zero-order valence-corrected chi connectivity index (χ0v) is 20.6. The quantitative estimate of drug-likeness (QED) is 0.470. The Labute approximate surface area is 211 Å². The first-order valence-corrected chi connectivity index (χ1v) is 12.0. The van der Waals surface area contributed by atoms with Crippen molar-refractivity contribution in [2.75, 3.05) is 20.2 Å². The van der Waals surface area contributed by atoms with E-state index in [1.807, 2.05) is 54.6 Å². The van der Waals surface area contributed by atoms with Gasteiger partial charge in [-0.25, -0.2) is 0 Å². The Morgan fingerprint density at radius 2 is 1.75 bits per heavy atom. The molecular weight excluding hydrogens is 454 g/mol. The number of amides is 2. The molecule has 36 heavy (non-hydrogen) atoms. The van der Waals surface area contributed by atoms with Crippen LogP contribution in [-0.4, -0.2) is 53.8 Å². The number of aliphatic hydroxyl groups is 1. The first-order chi connectivity index (χ1) is 17.5. The molecule has 4 rings (SSSR count). The normalized spacial score (nSPS) is 17.1. The lowest BCUT2D eigenvalue weighted by molar-refractivity contribution is -0.124. The van der Waals surface area contributed by atoms with Crippen molar-refractivity contribution in [2.45, 2.75) is 31.9 Å². The summed E-state index contributed by atoms with van der Waals surface area (Å²) in [7, 11) is 1.45. The van der Waals surface area contributed by atoms with Gasteiger partial charge in [0, 0.05) is 18.5 Å². The van der Waals surface area contributed by atoms with E-state index >= 15 is 0 Å². The van der Waals surface area contributed by atoms with Gasteiger partial charge >= 0.3 is 0 Å². The van der Waals surface area contributed by atoms with Crippen LogP contribution in [0, 0.1) is 6.92 Å². The van der Waals surface area contributed by atoms with Gasteiger partial charge in [-0.2, -0.15) is 0 Å². The maximum Gasteiger partial charge on any atom is 0.254 e. The minimum absolute atomic E-state index is 0.219. The lowest BCUT2D eigenvalue weighted by Gasteiger charge is -2.24. The molecule has 7 heteroatoms. The summed E-state index contributed by atoms with van der Waals surface area (Å²) in [4.78, 5) is 32.9. The highest BCUT2D eigenvalue weighted by Gasteiger charge is 2.38. The van der Waals surface area contributed by atoms with Crippen molar-refractivity contribution in [3.8, 4) is 11.1 Å². The monoisotopic (exact) mass is 485 g/mol. The topological polar surface area (TPSA) is 91.2 Å². The van der Waals surface area contributed by atoms with Gasteiger partial charge in [0.25, 0.3) is 5.91 Å². The van der Waals surface area contributed by atoms with Crippen LogP contribution >= 0.6 is 0 Å². The van der Waals surface area contributed by atoms with Crippen molar-refractivity contribution in [3.63, 3.8) is 0 Å². The molecule has 2 N–H and O–H groups in total. The molecule has 0 aliphatic carbocycles. The fraction of sp³-hybridized carbons (Fsp3) is 0.276. The number of hydrogen-bond acceptors (Lipinski definition) is 5. The molecule has 1 aliphatic heterocycles. The Bertz CT molecular complexity index is 1220. The number of carbonyl (C=O) groups excluding carboxylic acids is 2. The maximum absolute atomic E-state index is 13.4. The molecule has 0 spiro atoms. The first-order valence-electron chi connectivity index (χ1n) is 12.0. The minimum atomic E-state index is -0.698. The predicted octanol–water partition coefficient (Wildman–Crippen LogP) is 4.12. The van der Waals surface area contributed by atoms with E-state index in [1.54, 1.807) is 12.1 Å². The lowest BCUT2D eigenvalue weighted by atomic mass is 9.99. The van der Waals surface area contributed by atoms with E-state index < -0.39 is 12.1 Å². The van der Waals surface area contributed by atoms with Gasteiger partial charge in [-0.1, -0.05) is 71.9 Å². The van der Waals surface area contributed by atoms with Gasteiger partial charge in [0.2, 0.25) is 5.91 Å². The highest BCUT2D eigenvalue weighted by atomic mass is 16.6. The van der Waals surface area contributed by atoms with Crippen molar-refractivity contribution >= 4 is 17.5 Å². The Morgan fingerprint density at radius 1 is 1.06 bits per heavy atom. The number of benzene rings is 3. The summed E-state index contributed by atoms with van der Waals surface area (Å²) in [5.41, 5.74) is 5.23. The average molecular weight is 486 g/mol. The highest BCUT2D eigenvalue weighted by molar-refractivity contribution is 6.05. The number of nitrogens with one attached hydrogen (secondary N) is 1. The summed E-state index contributed by atoms with van der Waals surface area (Å²) < 4.78 is 0. The van der Waals surface area contributed by atoms with Crippen LogP contribution in [0.3, 0.4) is 0 Å². The average Bonchev–Trinajstić information content (AvgIpc) is 3.33. The van der Waals surface area contributed by atoms with Crippen LogP contribution in [0.15, 0.2) is 84.0 Å². The molecular formula is C29H31N3O4. The molecule has 0 radical (unpaired) electrons. The Kier molecular flexibility index (Phi) is 8.13. The standard InChI is InChI=1S/C29H31N3O4/c1-20-8-6-7-11-25(20)21-12-14-23(15-13-21)29(35)32-19-24(31-36-2)18-26(32)28(34)30-17-16-27(33)22-9-4-3-5-10-22/h3-15,26-27,33H,16-19H2,1-2H3,(H,30,34)/t26-,27-/m0/s1. The van der Waals surface area contributed by atoms with Gasteiger partial charge in [-0.15, -0.1) is 0 Å². The molecule has 3 aromatic rings. The van der Waals surface area contributed by atoms with Gasteiger partial charge in [0.15, 0.2) is 0 Å². The summed E-state index contributed by atoms with van der Waals surface area (Å²) in [6.45, 7) is 2.56.